The number of nitrogens with one attached hydrogen (secondary N) is 1. The van der Waals surface area contributed by atoms with Crippen LogP contribution in [0.5, 0.6) is 0 Å². The van der Waals surface area contributed by atoms with E-state index >= 15 is 0 Å². The van der Waals surface area contributed by atoms with Crippen LogP contribution in [0.4, 0.5) is 0 Å². The van der Waals surface area contributed by atoms with Crippen LogP contribution in [0.3, 0.4) is 0 Å². The Morgan fingerprint density at radius 3 is 3.12 bits per heavy atom. The SMILES string of the molecule is Cl.OCCc1cn(CC2CCCNC2)nn1. The van der Waals surface area contributed by atoms with Crippen LogP contribution in [-0.4, -0.2) is 39.8 Å². The topological polar surface area (TPSA) is 63.0 Å². The first-order chi connectivity index (χ1) is 7.38. The van der Waals surface area contributed by atoms with E-state index in [2.05, 4.69) is 15.6 Å². The van der Waals surface area contributed by atoms with E-state index in [0.29, 0.717) is 12.3 Å². The Bertz CT molecular complexity index is 299. The van der Waals surface area contributed by atoms with Crippen LogP contribution in [0.25, 0.3) is 0 Å². The van der Waals surface area contributed by atoms with E-state index in [1.165, 1.54) is 12.8 Å². The quantitative estimate of drug-likeness (QED) is 0.799. The maximum absolute atomic E-state index is 8.76. The summed E-state index contributed by atoms with van der Waals surface area (Å²) >= 11 is 0. The summed E-state index contributed by atoms with van der Waals surface area (Å²) in [5.74, 6) is 0.669. The van der Waals surface area contributed by atoms with E-state index in [1.807, 2.05) is 10.9 Å². The molecule has 2 rings (SSSR count). The number of aliphatic hydroxyl groups excluding tert-OH is 1. The van der Waals surface area contributed by atoms with Gasteiger partial charge in [-0.15, -0.1) is 17.5 Å². The molecule has 0 aromatic carbocycles. The summed E-state index contributed by atoms with van der Waals surface area (Å²) in [6.45, 7) is 3.30. The molecule has 2 heterocycles. The number of hydrogen-bond donors (Lipinski definition) is 2. The average molecular weight is 247 g/mol. The Morgan fingerprint density at radius 1 is 1.56 bits per heavy atom. The lowest BCUT2D eigenvalue weighted by Gasteiger charge is -2.22. The van der Waals surface area contributed by atoms with Crippen LogP contribution in [0.2, 0.25) is 0 Å². The van der Waals surface area contributed by atoms with Crippen LogP contribution in [0.15, 0.2) is 6.20 Å². The van der Waals surface area contributed by atoms with Crippen molar-refractivity contribution in [1.29, 1.82) is 0 Å². The van der Waals surface area contributed by atoms with Crippen molar-refractivity contribution in [2.24, 2.45) is 5.92 Å². The second-order valence-corrected chi connectivity index (χ2v) is 4.12. The lowest BCUT2D eigenvalue weighted by molar-refractivity contribution is 0.298. The maximum Gasteiger partial charge on any atom is 0.0849 e. The molecule has 0 spiro atoms. The third-order valence-electron chi connectivity index (χ3n) is 2.80. The fourth-order valence-electron chi connectivity index (χ4n) is 2.00. The Morgan fingerprint density at radius 2 is 2.44 bits per heavy atom. The molecule has 2 N–H and O–H groups in total. The molecule has 1 aliphatic heterocycles. The molecule has 16 heavy (non-hydrogen) atoms. The number of piperidine rings is 1. The minimum absolute atomic E-state index is 0. The number of hydrogen-bond acceptors (Lipinski definition) is 4. The van der Waals surface area contributed by atoms with Crippen LogP contribution < -0.4 is 5.32 Å². The zero-order valence-corrected chi connectivity index (χ0v) is 10.1. The number of rotatable bonds is 4. The van der Waals surface area contributed by atoms with Gasteiger partial charge in [0.05, 0.1) is 5.69 Å². The molecule has 0 bridgehead atoms. The predicted molar refractivity (Wildman–Crippen MR) is 63.7 cm³/mol. The van der Waals surface area contributed by atoms with Crippen molar-refractivity contribution in [2.75, 3.05) is 19.7 Å². The summed E-state index contributed by atoms with van der Waals surface area (Å²) in [7, 11) is 0. The van der Waals surface area contributed by atoms with Crippen molar-refractivity contribution in [3.05, 3.63) is 11.9 Å². The minimum Gasteiger partial charge on any atom is -0.396 e. The van der Waals surface area contributed by atoms with Gasteiger partial charge in [0.2, 0.25) is 0 Å². The van der Waals surface area contributed by atoms with Gasteiger partial charge < -0.3 is 10.4 Å². The molecule has 92 valence electrons. The largest absolute Gasteiger partial charge is 0.396 e. The highest BCUT2D eigenvalue weighted by Crippen LogP contribution is 2.11. The highest BCUT2D eigenvalue weighted by atomic mass is 35.5. The minimum atomic E-state index is 0. The van der Waals surface area contributed by atoms with E-state index in [4.69, 9.17) is 5.11 Å². The second-order valence-electron chi connectivity index (χ2n) is 4.12. The Balaban J connectivity index is 0.00000128. The zero-order chi connectivity index (χ0) is 10.5. The van der Waals surface area contributed by atoms with Gasteiger partial charge in [-0.1, -0.05) is 5.21 Å². The molecule has 1 aliphatic rings. The lowest BCUT2D eigenvalue weighted by atomic mass is 10.00. The lowest BCUT2D eigenvalue weighted by Crippen LogP contribution is -2.32. The second kappa shape index (κ2) is 6.83. The molecule has 6 heteroatoms. The summed E-state index contributed by atoms with van der Waals surface area (Å²) < 4.78 is 1.89. The van der Waals surface area contributed by atoms with E-state index in [9.17, 15) is 0 Å². The molecular weight excluding hydrogens is 228 g/mol. The molecule has 1 atom stereocenters. The number of halogens is 1. The van der Waals surface area contributed by atoms with Gasteiger partial charge in [0.15, 0.2) is 0 Å². The predicted octanol–water partition coefficient (Wildman–Crippen LogP) is 0.234. The molecule has 1 unspecified atom stereocenters. The number of aliphatic hydroxyl groups is 1. The molecular formula is C10H19ClN4O. The third-order valence-corrected chi connectivity index (χ3v) is 2.80. The first-order valence-corrected chi connectivity index (χ1v) is 5.59. The molecule has 0 saturated carbocycles. The smallest absolute Gasteiger partial charge is 0.0849 e. The fraction of sp³-hybridized carbons (Fsp3) is 0.800. The van der Waals surface area contributed by atoms with Gasteiger partial charge >= 0.3 is 0 Å². The summed E-state index contributed by atoms with van der Waals surface area (Å²) in [5.41, 5.74) is 0.876. The van der Waals surface area contributed by atoms with Crippen molar-refractivity contribution < 1.29 is 5.11 Å². The normalized spacial score (nSPS) is 20.4. The Kier molecular flexibility index (Phi) is 5.73. The van der Waals surface area contributed by atoms with Gasteiger partial charge in [0.1, 0.15) is 0 Å². The summed E-state index contributed by atoms with van der Waals surface area (Å²) in [6, 6.07) is 0. The first kappa shape index (κ1) is 13.4. The average Bonchev–Trinajstić information content (AvgIpc) is 2.68. The molecule has 5 nitrogen and oxygen atoms in total. The fourth-order valence-corrected chi connectivity index (χ4v) is 2.00. The van der Waals surface area contributed by atoms with Crippen molar-refractivity contribution in [3.8, 4) is 0 Å². The summed E-state index contributed by atoms with van der Waals surface area (Å²) in [6.07, 6.45) is 5.05. The molecule has 0 amide bonds. The van der Waals surface area contributed by atoms with Crippen molar-refractivity contribution in [1.82, 2.24) is 20.3 Å². The standard InChI is InChI=1S/C10H18N4O.ClH/c15-5-3-10-8-14(13-12-10)7-9-2-1-4-11-6-9;/h8-9,11,15H,1-7H2;1H. The van der Waals surface area contributed by atoms with E-state index < -0.39 is 0 Å². The highest BCUT2D eigenvalue weighted by molar-refractivity contribution is 5.85. The Labute approximate surface area is 102 Å². The number of nitrogens with zero attached hydrogens (tertiary/aromatic N) is 3. The molecule has 0 aliphatic carbocycles. The zero-order valence-electron chi connectivity index (χ0n) is 9.30. The molecule has 1 fully saturated rings. The van der Waals surface area contributed by atoms with Gasteiger partial charge in [0, 0.05) is 25.8 Å². The summed E-state index contributed by atoms with van der Waals surface area (Å²) in [4.78, 5) is 0. The van der Waals surface area contributed by atoms with E-state index in [-0.39, 0.29) is 19.0 Å². The van der Waals surface area contributed by atoms with E-state index in [1.54, 1.807) is 0 Å². The molecule has 1 saturated heterocycles. The first-order valence-electron chi connectivity index (χ1n) is 5.59. The highest BCUT2D eigenvalue weighted by Gasteiger charge is 2.14. The van der Waals surface area contributed by atoms with Gasteiger partial charge in [0.25, 0.3) is 0 Å². The molecule has 1 aromatic heterocycles. The monoisotopic (exact) mass is 246 g/mol. The van der Waals surface area contributed by atoms with Crippen molar-refractivity contribution in [2.45, 2.75) is 25.8 Å². The van der Waals surface area contributed by atoms with Crippen molar-refractivity contribution in [3.63, 3.8) is 0 Å². The Hall–Kier alpha value is -0.650. The van der Waals surface area contributed by atoms with Crippen LogP contribution >= 0.6 is 12.4 Å². The van der Waals surface area contributed by atoms with Gasteiger partial charge in [-0.05, 0) is 31.8 Å². The van der Waals surface area contributed by atoms with Gasteiger partial charge in [-0.3, -0.25) is 4.68 Å². The van der Waals surface area contributed by atoms with Crippen LogP contribution in [-0.2, 0) is 13.0 Å². The van der Waals surface area contributed by atoms with E-state index in [0.717, 1.165) is 25.3 Å². The number of aromatic nitrogens is 3. The van der Waals surface area contributed by atoms with Gasteiger partial charge in [-0.25, -0.2) is 0 Å². The van der Waals surface area contributed by atoms with Gasteiger partial charge in [-0.2, -0.15) is 0 Å². The third kappa shape index (κ3) is 3.73. The maximum atomic E-state index is 8.76. The molecule has 1 aromatic rings. The molecule has 0 radical (unpaired) electrons. The summed E-state index contributed by atoms with van der Waals surface area (Å²) in [5, 5.41) is 20.2. The van der Waals surface area contributed by atoms with Crippen LogP contribution in [0, 0.1) is 5.92 Å². The van der Waals surface area contributed by atoms with Crippen molar-refractivity contribution >= 4 is 12.4 Å². The van der Waals surface area contributed by atoms with Crippen LogP contribution in [0.1, 0.15) is 18.5 Å².